The fourth-order valence-electron chi connectivity index (χ4n) is 2.25. The first kappa shape index (κ1) is 14.3. The van der Waals surface area contributed by atoms with E-state index in [1.807, 2.05) is 6.07 Å². The molecule has 1 aromatic carbocycles. The van der Waals surface area contributed by atoms with Crippen molar-refractivity contribution in [1.82, 2.24) is 4.98 Å². The zero-order valence-corrected chi connectivity index (χ0v) is 14.1. The van der Waals surface area contributed by atoms with Crippen molar-refractivity contribution < 1.29 is 9.84 Å². The summed E-state index contributed by atoms with van der Waals surface area (Å²) >= 11 is 12.8. The fourth-order valence-corrected chi connectivity index (χ4v) is 3.67. The highest BCUT2D eigenvalue weighted by Gasteiger charge is 2.30. The molecule has 1 N–H and O–H groups in total. The normalized spacial score (nSPS) is 21.2. The van der Waals surface area contributed by atoms with Crippen LogP contribution in [0.2, 0.25) is 5.02 Å². The summed E-state index contributed by atoms with van der Waals surface area (Å²) in [6.45, 7) is 0. The van der Waals surface area contributed by atoms with Gasteiger partial charge in [-0.3, -0.25) is 4.98 Å². The molecule has 0 amide bonds. The molecule has 1 aliphatic rings. The summed E-state index contributed by atoms with van der Waals surface area (Å²) in [6, 6.07) is 7.18. The van der Waals surface area contributed by atoms with Gasteiger partial charge >= 0.3 is 0 Å². The molecular weight excluding hydrogens is 409 g/mol. The highest BCUT2D eigenvalue weighted by molar-refractivity contribution is 9.11. The molecule has 0 saturated heterocycles. The lowest BCUT2D eigenvalue weighted by Crippen LogP contribution is -2.20. The van der Waals surface area contributed by atoms with E-state index in [0.29, 0.717) is 17.2 Å². The fraction of sp³-hybridized carbons (Fsp3) is 0.214. The molecule has 0 bridgehead atoms. The third kappa shape index (κ3) is 2.72. The van der Waals surface area contributed by atoms with E-state index in [1.54, 1.807) is 24.4 Å². The number of ether oxygens (including phenoxy) is 1. The summed E-state index contributed by atoms with van der Waals surface area (Å²) in [5, 5.41) is 10.9. The van der Waals surface area contributed by atoms with Gasteiger partial charge in [-0.1, -0.05) is 11.6 Å². The SMILES string of the molecule is O[C@H]1CC(c2ncc(Br)cc2Br)Oc2ccc(Cl)cc21. The Morgan fingerprint density at radius 2 is 2.10 bits per heavy atom. The van der Waals surface area contributed by atoms with Crippen molar-refractivity contribution >= 4 is 43.5 Å². The molecule has 2 atom stereocenters. The number of fused-ring (bicyclic) bond motifs is 1. The summed E-state index contributed by atoms with van der Waals surface area (Å²) < 4.78 is 7.67. The van der Waals surface area contributed by atoms with Gasteiger partial charge in [0, 0.05) is 32.1 Å². The quantitative estimate of drug-likeness (QED) is 0.721. The van der Waals surface area contributed by atoms with Crippen LogP contribution in [0.4, 0.5) is 0 Å². The van der Waals surface area contributed by atoms with Crippen LogP contribution in [-0.4, -0.2) is 10.1 Å². The number of halogens is 3. The number of nitrogens with zero attached hydrogens (tertiary/aromatic N) is 1. The molecule has 1 aromatic heterocycles. The first-order valence-electron chi connectivity index (χ1n) is 5.99. The molecule has 0 spiro atoms. The Balaban J connectivity index is 1.97. The van der Waals surface area contributed by atoms with Crippen LogP contribution in [0.3, 0.4) is 0 Å². The zero-order chi connectivity index (χ0) is 14.3. The Kier molecular flexibility index (Phi) is 4.04. The molecule has 1 unspecified atom stereocenters. The number of aliphatic hydroxyl groups excluding tert-OH is 1. The molecule has 0 fully saturated rings. The van der Waals surface area contributed by atoms with Crippen molar-refractivity contribution in [2.75, 3.05) is 0 Å². The minimum absolute atomic E-state index is 0.291. The van der Waals surface area contributed by atoms with Crippen LogP contribution in [0.15, 0.2) is 39.4 Å². The second-order valence-electron chi connectivity index (χ2n) is 4.56. The molecule has 6 heteroatoms. The van der Waals surface area contributed by atoms with E-state index >= 15 is 0 Å². The first-order chi connectivity index (χ1) is 9.54. The lowest BCUT2D eigenvalue weighted by molar-refractivity contribution is 0.0633. The second kappa shape index (κ2) is 5.64. The largest absolute Gasteiger partial charge is 0.484 e. The van der Waals surface area contributed by atoms with Crippen molar-refractivity contribution in [1.29, 1.82) is 0 Å². The molecule has 1 aliphatic heterocycles. The van der Waals surface area contributed by atoms with E-state index in [9.17, 15) is 5.11 Å². The summed E-state index contributed by atoms with van der Waals surface area (Å²) in [5.74, 6) is 0.648. The average molecular weight is 420 g/mol. The van der Waals surface area contributed by atoms with E-state index in [1.165, 1.54) is 0 Å². The minimum atomic E-state index is -0.611. The number of aromatic nitrogens is 1. The number of aliphatic hydroxyl groups is 1. The van der Waals surface area contributed by atoms with Gasteiger partial charge in [-0.05, 0) is 56.1 Å². The Hall–Kier alpha value is -0.620. The summed E-state index contributed by atoms with van der Waals surface area (Å²) in [6.07, 6.45) is 1.26. The molecule has 0 radical (unpaired) electrons. The van der Waals surface area contributed by atoms with Crippen LogP contribution < -0.4 is 4.74 Å². The van der Waals surface area contributed by atoms with Gasteiger partial charge in [0.1, 0.15) is 11.9 Å². The first-order valence-corrected chi connectivity index (χ1v) is 7.96. The average Bonchev–Trinajstić information content (AvgIpc) is 2.39. The van der Waals surface area contributed by atoms with Crippen LogP contribution in [0.1, 0.15) is 29.9 Å². The number of benzene rings is 1. The lowest BCUT2D eigenvalue weighted by atomic mass is 9.97. The van der Waals surface area contributed by atoms with Crippen LogP contribution >= 0.6 is 43.5 Å². The number of rotatable bonds is 1. The predicted molar refractivity (Wildman–Crippen MR) is 84.0 cm³/mol. The third-order valence-electron chi connectivity index (χ3n) is 3.18. The van der Waals surface area contributed by atoms with Crippen LogP contribution in [0, 0.1) is 0 Å². The zero-order valence-electron chi connectivity index (χ0n) is 10.2. The molecule has 2 heterocycles. The second-order valence-corrected chi connectivity index (χ2v) is 6.77. The van der Waals surface area contributed by atoms with Crippen molar-refractivity contribution in [2.24, 2.45) is 0 Å². The van der Waals surface area contributed by atoms with Gasteiger partial charge in [-0.25, -0.2) is 0 Å². The number of hydrogen-bond donors (Lipinski definition) is 1. The molecule has 3 nitrogen and oxygen atoms in total. The summed E-state index contributed by atoms with van der Waals surface area (Å²) in [5.41, 5.74) is 1.50. The van der Waals surface area contributed by atoms with Crippen LogP contribution in [0.25, 0.3) is 0 Å². The van der Waals surface area contributed by atoms with Crippen molar-refractivity contribution in [2.45, 2.75) is 18.6 Å². The Morgan fingerprint density at radius 3 is 2.85 bits per heavy atom. The minimum Gasteiger partial charge on any atom is -0.484 e. The molecule has 0 saturated carbocycles. The maximum Gasteiger partial charge on any atom is 0.144 e. The standard InChI is InChI=1S/C14H10Br2ClNO2/c15-7-3-10(16)14(18-6-7)13-5-11(19)9-4-8(17)1-2-12(9)20-13/h1-4,6,11,13,19H,5H2/t11-,13?/m0/s1. The smallest absolute Gasteiger partial charge is 0.144 e. The van der Waals surface area contributed by atoms with Crippen molar-refractivity contribution in [3.05, 3.63) is 55.7 Å². The van der Waals surface area contributed by atoms with Crippen LogP contribution in [0.5, 0.6) is 5.75 Å². The van der Waals surface area contributed by atoms with Crippen LogP contribution in [-0.2, 0) is 0 Å². The number of hydrogen-bond acceptors (Lipinski definition) is 3. The maximum atomic E-state index is 10.3. The highest BCUT2D eigenvalue weighted by Crippen LogP contribution is 2.42. The van der Waals surface area contributed by atoms with Gasteiger partial charge in [0.15, 0.2) is 0 Å². The van der Waals surface area contributed by atoms with Gasteiger partial charge in [0.2, 0.25) is 0 Å². The highest BCUT2D eigenvalue weighted by atomic mass is 79.9. The topological polar surface area (TPSA) is 42.4 Å². The van der Waals surface area contributed by atoms with Crippen molar-refractivity contribution in [3.8, 4) is 5.75 Å². The van der Waals surface area contributed by atoms with Crippen molar-refractivity contribution in [3.63, 3.8) is 0 Å². The van der Waals surface area contributed by atoms with E-state index in [0.717, 1.165) is 20.2 Å². The third-order valence-corrected chi connectivity index (χ3v) is 4.48. The van der Waals surface area contributed by atoms with Gasteiger partial charge < -0.3 is 9.84 Å². The molecule has 3 rings (SSSR count). The van der Waals surface area contributed by atoms with E-state index in [-0.39, 0.29) is 6.10 Å². The van der Waals surface area contributed by atoms with E-state index < -0.39 is 6.10 Å². The monoisotopic (exact) mass is 417 g/mol. The molecule has 0 aliphatic carbocycles. The maximum absolute atomic E-state index is 10.3. The lowest BCUT2D eigenvalue weighted by Gasteiger charge is -2.29. The molecule has 2 aromatic rings. The summed E-state index contributed by atoms with van der Waals surface area (Å²) in [4.78, 5) is 4.37. The predicted octanol–water partition coefficient (Wildman–Crippen LogP) is 4.82. The van der Waals surface area contributed by atoms with Gasteiger partial charge in [0.25, 0.3) is 0 Å². The molecule has 104 valence electrons. The van der Waals surface area contributed by atoms with E-state index in [2.05, 4.69) is 36.8 Å². The van der Waals surface area contributed by atoms with Gasteiger partial charge in [0.05, 0.1) is 11.8 Å². The number of pyridine rings is 1. The van der Waals surface area contributed by atoms with Gasteiger partial charge in [-0.2, -0.15) is 0 Å². The Morgan fingerprint density at radius 1 is 1.30 bits per heavy atom. The van der Waals surface area contributed by atoms with E-state index in [4.69, 9.17) is 16.3 Å². The summed E-state index contributed by atoms with van der Waals surface area (Å²) in [7, 11) is 0. The van der Waals surface area contributed by atoms with Gasteiger partial charge in [-0.15, -0.1) is 0 Å². The Labute approximate surface area is 138 Å². The Bertz CT molecular complexity index is 666. The molecular formula is C14H10Br2ClNO2. The molecule has 20 heavy (non-hydrogen) atoms.